The van der Waals surface area contributed by atoms with Crippen molar-refractivity contribution >= 4 is 49.7 Å². The highest BCUT2D eigenvalue weighted by Gasteiger charge is 2.27. The maximum absolute atomic E-state index is 13.7. The molecule has 0 saturated heterocycles. The van der Waals surface area contributed by atoms with Gasteiger partial charge in [0.25, 0.3) is 5.91 Å². The zero-order chi connectivity index (χ0) is 23.1. The Morgan fingerprint density at radius 3 is 2.41 bits per heavy atom. The van der Waals surface area contributed by atoms with Crippen molar-refractivity contribution < 1.29 is 17.6 Å². The summed E-state index contributed by atoms with van der Waals surface area (Å²) in [4.78, 5) is 12.5. The van der Waals surface area contributed by atoms with E-state index in [1.54, 1.807) is 42.5 Å². The van der Waals surface area contributed by atoms with Crippen LogP contribution in [-0.4, -0.2) is 31.4 Å². The summed E-state index contributed by atoms with van der Waals surface area (Å²) in [6, 6.07) is 18.8. The van der Waals surface area contributed by atoms with Crippen molar-refractivity contribution in [2.45, 2.75) is 11.4 Å². The van der Waals surface area contributed by atoms with Gasteiger partial charge in [-0.05, 0) is 42.0 Å². The average molecular weight is 539 g/mol. The molecule has 0 saturated carbocycles. The standard InChI is InChI=1S/C22H18BrClFN3O3S/c23-18-9-11-19(12-10-18)32(30,31)28(14-17-6-1-3-7-20(17)24)15-22(29)27-26-13-16-5-2-4-8-21(16)25/h1-13H,14-15H2,(H,27,29)/b26-13+. The van der Waals surface area contributed by atoms with E-state index in [1.807, 2.05) is 0 Å². The molecule has 0 atom stereocenters. The number of sulfonamides is 1. The highest BCUT2D eigenvalue weighted by Crippen LogP contribution is 2.23. The second-order valence-electron chi connectivity index (χ2n) is 6.63. The van der Waals surface area contributed by atoms with E-state index >= 15 is 0 Å². The van der Waals surface area contributed by atoms with Crippen LogP contribution in [0.5, 0.6) is 0 Å². The first-order valence-electron chi connectivity index (χ1n) is 9.33. The molecule has 0 aromatic heterocycles. The van der Waals surface area contributed by atoms with E-state index in [0.29, 0.717) is 15.1 Å². The van der Waals surface area contributed by atoms with E-state index in [4.69, 9.17) is 11.6 Å². The smallest absolute Gasteiger partial charge is 0.255 e. The van der Waals surface area contributed by atoms with E-state index in [-0.39, 0.29) is 17.0 Å². The Morgan fingerprint density at radius 1 is 1.06 bits per heavy atom. The SMILES string of the molecule is O=C(CN(Cc1ccccc1Cl)S(=O)(=O)c1ccc(Br)cc1)N/N=C/c1ccccc1F. The normalized spacial score (nSPS) is 11.8. The fourth-order valence-corrected chi connectivity index (χ4v) is 4.58. The fourth-order valence-electron chi connectivity index (χ4n) is 2.75. The first-order valence-corrected chi connectivity index (χ1v) is 11.9. The van der Waals surface area contributed by atoms with Gasteiger partial charge in [-0.1, -0.05) is 63.9 Å². The molecule has 166 valence electrons. The molecular formula is C22H18BrClFN3O3S. The molecule has 3 aromatic carbocycles. The van der Waals surface area contributed by atoms with Crippen LogP contribution in [-0.2, 0) is 21.4 Å². The first-order chi connectivity index (χ1) is 15.3. The van der Waals surface area contributed by atoms with Gasteiger partial charge in [0.2, 0.25) is 10.0 Å². The van der Waals surface area contributed by atoms with Crippen molar-refractivity contribution in [2.75, 3.05) is 6.54 Å². The summed E-state index contributed by atoms with van der Waals surface area (Å²) in [5.41, 5.74) is 2.96. The number of hydrazone groups is 1. The Labute approximate surface area is 198 Å². The number of rotatable bonds is 8. The largest absolute Gasteiger partial charge is 0.272 e. The number of halogens is 3. The molecule has 10 heteroatoms. The number of benzene rings is 3. The molecule has 0 unspecified atom stereocenters. The second-order valence-corrected chi connectivity index (χ2v) is 9.89. The molecule has 3 rings (SSSR count). The Hall–Kier alpha value is -2.59. The third kappa shape index (κ3) is 6.23. The van der Waals surface area contributed by atoms with Crippen molar-refractivity contribution in [3.8, 4) is 0 Å². The summed E-state index contributed by atoms with van der Waals surface area (Å²) in [5, 5.41) is 4.10. The van der Waals surface area contributed by atoms with Crippen LogP contribution in [0.4, 0.5) is 4.39 Å². The lowest BCUT2D eigenvalue weighted by molar-refractivity contribution is -0.121. The van der Waals surface area contributed by atoms with Gasteiger partial charge in [-0.3, -0.25) is 4.79 Å². The summed E-state index contributed by atoms with van der Waals surface area (Å²) in [6.45, 7) is -0.638. The molecule has 32 heavy (non-hydrogen) atoms. The van der Waals surface area contributed by atoms with Crippen LogP contribution < -0.4 is 5.43 Å². The van der Waals surface area contributed by atoms with Crippen LogP contribution in [0.15, 0.2) is 87.3 Å². The number of nitrogens with zero attached hydrogens (tertiary/aromatic N) is 2. The highest BCUT2D eigenvalue weighted by atomic mass is 79.9. The molecule has 0 aliphatic carbocycles. The molecule has 3 aromatic rings. The molecule has 0 radical (unpaired) electrons. The van der Waals surface area contributed by atoms with Gasteiger partial charge < -0.3 is 0 Å². The molecule has 0 aliphatic heterocycles. The van der Waals surface area contributed by atoms with Crippen LogP contribution in [0.3, 0.4) is 0 Å². The van der Waals surface area contributed by atoms with Gasteiger partial charge in [-0.15, -0.1) is 0 Å². The van der Waals surface area contributed by atoms with Gasteiger partial charge >= 0.3 is 0 Å². The lowest BCUT2D eigenvalue weighted by Gasteiger charge is -2.22. The minimum absolute atomic E-state index is 0.0235. The zero-order valence-corrected chi connectivity index (χ0v) is 19.7. The molecular weight excluding hydrogens is 521 g/mol. The van der Waals surface area contributed by atoms with Gasteiger partial charge in [-0.2, -0.15) is 9.41 Å². The van der Waals surface area contributed by atoms with Gasteiger partial charge in [0.1, 0.15) is 5.82 Å². The van der Waals surface area contributed by atoms with Crippen LogP contribution in [0.25, 0.3) is 0 Å². The zero-order valence-electron chi connectivity index (χ0n) is 16.6. The Balaban J connectivity index is 1.82. The minimum atomic E-state index is -4.03. The molecule has 1 N–H and O–H groups in total. The van der Waals surface area contributed by atoms with Gasteiger partial charge in [0.05, 0.1) is 17.7 Å². The summed E-state index contributed by atoms with van der Waals surface area (Å²) in [7, 11) is -4.03. The van der Waals surface area contributed by atoms with E-state index in [0.717, 1.165) is 10.5 Å². The summed E-state index contributed by atoms with van der Waals surface area (Å²) >= 11 is 9.47. The number of amides is 1. The molecule has 0 bridgehead atoms. The van der Waals surface area contributed by atoms with Crippen molar-refractivity contribution in [3.05, 3.63) is 99.2 Å². The van der Waals surface area contributed by atoms with E-state index < -0.39 is 28.3 Å². The van der Waals surface area contributed by atoms with Gasteiger partial charge in [-0.25, -0.2) is 18.2 Å². The van der Waals surface area contributed by atoms with Crippen LogP contribution >= 0.6 is 27.5 Å². The van der Waals surface area contributed by atoms with Crippen LogP contribution in [0.2, 0.25) is 5.02 Å². The third-order valence-corrected chi connectivity index (χ3v) is 7.08. The molecule has 0 aliphatic rings. The lowest BCUT2D eigenvalue weighted by Crippen LogP contribution is -2.39. The third-order valence-electron chi connectivity index (χ3n) is 4.37. The average Bonchev–Trinajstić information content (AvgIpc) is 2.76. The number of hydrogen-bond acceptors (Lipinski definition) is 4. The maximum atomic E-state index is 13.7. The Morgan fingerprint density at radius 2 is 1.72 bits per heavy atom. The van der Waals surface area contributed by atoms with Crippen molar-refractivity contribution in [2.24, 2.45) is 5.10 Å². The predicted octanol–water partition coefficient (Wildman–Crippen LogP) is 4.58. The molecule has 0 heterocycles. The van der Waals surface area contributed by atoms with Crippen LogP contribution in [0.1, 0.15) is 11.1 Å². The summed E-state index contributed by atoms with van der Waals surface area (Å²) in [5.74, 6) is -1.19. The Kier molecular flexibility index (Phi) is 8.14. The molecule has 0 spiro atoms. The van der Waals surface area contributed by atoms with Crippen molar-refractivity contribution in [1.82, 2.24) is 9.73 Å². The summed E-state index contributed by atoms with van der Waals surface area (Å²) in [6.07, 6.45) is 1.15. The molecule has 0 fully saturated rings. The quantitative estimate of drug-likeness (QED) is 0.337. The Bertz CT molecular complexity index is 1240. The fraction of sp³-hybridized carbons (Fsp3) is 0.0909. The van der Waals surface area contributed by atoms with E-state index in [9.17, 15) is 17.6 Å². The summed E-state index contributed by atoms with van der Waals surface area (Å²) < 4.78 is 41.9. The maximum Gasteiger partial charge on any atom is 0.255 e. The first kappa shape index (κ1) is 24.1. The number of hydrogen-bond donors (Lipinski definition) is 1. The molecule has 6 nitrogen and oxygen atoms in total. The van der Waals surface area contributed by atoms with Crippen molar-refractivity contribution in [1.29, 1.82) is 0 Å². The van der Waals surface area contributed by atoms with Crippen LogP contribution in [0, 0.1) is 5.82 Å². The van der Waals surface area contributed by atoms with E-state index in [1.165, 1.54) is 30.3 Å². The molecule has 1 amide bonds. The minimum Gasteiger partial charge on any atom is -0.272 e. The topological polar surface area (TPSA) is 78.8 Å². The van der Waals surface area contributed by atoms with Gasteiger partial charge in [0.15, 0.2) is 0 Å². The monoisotopic (exact) mass is 537 g/mol. The number of carbonyl (C=O) groups excluding carboxylic acids is 1. The van der Waals surface area contributed by atoms with Gasteiger partial charge in [0, 0.05) is 21.6 Å². The number of nitrogens with one attached hydrogen (secondary N) is 1. The predicted molar refractivity (Wildman–Crippen MR) is 125 cm³/mol. The highest BCUT2D eigenvalue weighted by molar-refractivity contribution is 9.10. The van der Waals surface area contributed by atoms with E-state index in [2.05, 4.69) is 26.5 Å². The van der Waals surface area contributed by atoms with Crippen molar-refractivity contribution in [3.63, 3.8) is 0 Å². The second kappa shape index (κ2) is 10.8. The lowest BCUT2D eigenvalue weighted by atomic mass is 10.2. The number of carbonyl (C=O) groups is 1.